The Bertz CT molecular complexity index is 174. The van der Waals surface area contributed by atoms with Gasteiger partial charge in [-0.3, -0.25) is 0 Å². The van der Waals surface area contributed by atoms with Crippen LogP contribution < -0.4 is 0 Å². The van der Waals surface area contributed by atoms with Crippen molar-refractivity contribution >= 4 is 0 Å². The van der Waals surface area contributed by atoms with Gasteiger partial charge in [0.1, 0.15) is 0 Å². The van der Waals surface area contributed by atoms with Crippen LogP contribution in [0.25, 0.3) is 0 Å². The number of hydrogen-bond donors (Lipinski definition) is 0. The summed E-state index contributed by atoms with van der Waals surface area (Å²) >= 11 is 0. The molecule has 0 N–H and O–H groups in total. The van der Waals surface area contributed by atoms with Gasteiger partial charge in [-0.25, -0.2) is 0 Å². The Kier molecular flexibility index (Phi) is 2.39. The van der Waals surface area contributed by atoms with Crippen molar-refractivity contribution in [1.82, 2.24) is 4.90 Å². The number of rotatable bonds is 3. The second-order valence-corrected chi connectivity index (χ2v) is 5.22. The minimum atomic E-state index is 0.571. The van der Waals surface area contributed by atoms with Gasteiger partial charge in [-0.2, -0.15) is 0 Å². The predicted molar refractivity (Wildman–Crippen MR) is 56.8 cm³/mol. The molecule has 0 aromatic heterocycles. The van der Waals surface area contributed by atoms with Gasteiger partial charge in [-0.05, 0) is 44.7 Å². The molecule has 2 rings (SSSR count). The van der Waals surface area contributed by atoms with E-state index in [-0.39, 0.29) is 0 Å². The van der Waals surface area contributed by atoms with E-state index in [1.165, 1.54) is 38.6 Å². The summed E-state index contributed by atoms with van der Waals surface area (Å²) < 4.78 is 0. The smallest absolute Gasteiger partial charge is 0.0232 e. The summed E-state index contributed by atoms with van der Waals surface area (Å²) in [7, 11) is 2.33. The third-order valence-electron chi connectivity index (χ3n) is 4.53. The van der Waals surface area contributed by atoms with Crippen LogP contribution in [0.4, 0.5) is 0 Å². The summed E-state index contributed by atoms with van der Waals surface area (Å²) in [6.07, 6.45) is 7.24. The zero-order valence-corrected chi connectivity index (χ0v) is 9.34. The zero-order valence-electron chi connectivity index (χ0n) is 9.34. The van der Waals surface area contributed by atoms with E-state index >= 15 is 0 Å². The van der Waals surface area contributed by atoms with Crippen LogP contribution in [-0.2, 0) is 0 Å². The highest BCUT2D eigenvalue weighted by atomic mass is 15.2. The summed E-state index contributed by atoms with van der Waals surface area (Å²) in [4.78, 5) is 2.63. The Labute approximate surface area is 82.5 Å². The third kappa shape index (κ3) is 1.52. The normalized spacial score (nSPS) is 41.3. The highest BCUT2D eigenvalue weighted by Crippen LogP contribution is 2.46. The Hall–Kier alpha value is -0.0400. The maximum absolute atomic E-state index is 2.63. The third-order valence-corrected chi connectivity index (χ3v) is 4.53. The second kappa shape index (κ2) is 3.27. The molecular formula is C12H23N. The number of hydrogen-bond acceptors (Lipinski definition) is 1. The largest absolute Gasteiger partial charge is 0.300 e. The van der Waals surface area contributed by atoms with Crippen molar-refractivity contribution in [3.05, 3.63) is 0 Å². The van der Waals surface area contributed by atoms with Gasteiger partial charge in [0.2, 0.25) is 0 Å². The lowest BCUT2D eigenvalue weighted by Gasteiger charge is -2.39. The van der Waals surface area contributed by atoms with Crippen LogP contribution in [-0.4, -0.2) is 24.0 Å². The van der Waals surface area contributed by atoms with Crippen LogP contribution in [0.1, 0.15) is 46.0 Å². The molecular weight excluding hydrogens is 158 g/mol. The average molecular weight is 181 g/mol. The fraction of sp³-hybridized carbons (Fsp3) is 1.00. The predicted octanol–water partition coefficient (Wildman–Crippen LogP) is 2.91. The summed E-state index contributed by atoms with van der Waals surface area (Å²) in [6, 6.07) is 0. The van der Waals surface area contributed by atoms with E-state index in [0.717, 1.165) is 11.8 Å². The molecule has 0 spiro atoms. The molecule has 1 heteroatoms. The summed E-state index contributed by atoms with van der Waals surface area (Å²) in [5, 5.41) is 0. The van der Waals surface area contributed by atoms with E-state index in [4.69, 9.17) is 0 Å². The molecule has 13 heavy (non-hydrogen) atoms. The Morgan fingerprint density at radius 1 is 1.31 bits per heavy atom. The fourth-order valence-electron chi connectivity index (χ4n) is 3.20. The maximum atomic E-state index is 2.63. The molecule has 2 atom stereocenters. The van der Waals surface area contributed by atoms with Crippen molar-refractivity contribution in [2.45, 2.75) is 51.5 Å². The Balaban J connectivity index is 2.09. The zero-order chi connectivity index (χ0) is 9.47. The molecule has 0 amide bonds. The van der Waals surface area contributed by atoms with E-state index in [0.29, 0.717) is 5.54 Å². The fourth-order valence-corrected chi connectivity index (χ4v) is 3.20. The Morgan fingerprint density at radius 2 is 2.00 bits per heavy atom. The van der Waals surface area contributed by atoms with Gasteiger partial charge in [0.15, 0.2) is 0 Å². The van der Waals surface area contributed by atoms with Crippen molar-refractivity contribution in [3.8, 4) is 0 Å². The van der Waals surface area contributed by atoms with Gasteiger partial charge >= 0.3 is 0 Å². The average Bonchev–Trinajstić information content (AvgIpc) is 2.88. The van der Waals surface area contributed by atoms with E-state index in [9.17, 15) is 0 Å². The molecule has 2 fully saturated rings. The van der Waals surface area contributed by atoms with Crippen molar-refractivity contribution in [2.24, 2.45) is 11.8 Å². The van der Waals surface area contributed by atoms with E-state index in [1.54, 1.807) is 0 Å². The van der Waals surface area contributed by atoms with Crippen LogP contribution in [0.5, 0.6) is 0 Å². The van der Waals surface area contributed by atoms with Crippen molar-refractivity contribution in [1.29, 1.82) is 0 Å². The number of nitrogens with zero attached hydrogens (tertiary/aromatic N) is 1. The van der Waals surface area contributed by atoms with E-state index in [1.807, 2.05) is 0 Å². The lowest BCUT2D eigenvalue weighted by atomic mass is 9.79. The lowest BCUT2D eigenvalue weighted by molar-refractivity contribution is 0.110. The molecule has 1 saturated carbocycles. The van der Waals surface area contributed by atoms with Crippen molar-refractivity contribution in [3.63, 3.8) is 0 Å². The molecule has 0 bridgehead atoms. The molecule has 0 aromatic carbocycles. The van der Waals surface area contributed by atoms with E-state index in [2.05, 4.69) is 25.8 Å². The molecule has 1 nitrogen and oxygen atoms in total. The van der Waals surface area contributed by atoms with Crippen LogP contribution in [0.3, 0.4) is 0 Å². The maximum Gasteiger partial charge on any atom is 0.0232 e. The minimum absolute atomic E-state index is 0.571. The quantitative estimate of drug-likeness (QED) is 0.647. The molecule has 2 unspecified atom stereocenters. The molecule has 1 aliphatic carbocycles. The first-order valence-electron chi connectivity index (χ1n) is 5.90. The van der Waals surface area contributed by atoms with Crippen LogP contribution in [0, 0.1) is 11.8 Å². The SMILES string of the molecule is CCC1(CC2CC2)C(C)CCN1C. The van der Waals surface area contributed by atoms with Gasteiger partial charge in [0.25, 0.3) is 0 Å². The monoisotopic (exact) mass is 181 g/mol. The van der Waals surface area contributed by atoms with Gasteiger partial charge in [0.05, 0.1) is 0 Å². The molecule has 1 saturated heterocycles. The van der Waals surface area contributed by atoms with Crippen molar-refractivity contribution in [2.75, 3.05) is 13.6 Å². The van der Waals surface area contributed by atoms with Gasteiger partial charge in [0, 0.05) is 5.54 Å². The van der Waals surface area contributed by atoms with Gasteiger partial charge in [-0.1, -0.05) is 26.7 Å². The van der Waals surface area contributed by atoms with Gasteiger partial charge < -0.3 is 4.90 Å². The minimum Gasteiger partial charge on any atom is -0.300 e. The first kappa shape index (κ1) is 9.51. The summed E-state index contributed by atoms with van der Waals surface area (Å²) in [5.74, 6) is 1.99. The first-order valence-corrected chi connectivity index (χ1v) is 5.90. The molecule has 2 aliphatic rings. The highest BCUT2D eigenvalue weighted by Gasteiger charge is 2.45. The molecule has 76 valence electrons. The Morgan fingerprint density at radius 3 is 2.38 bits per heavy atom. The lowest BCUT2D eigenvalue weighted by Crippen LogP contribution is -2.45. The molecule has 0 aromatic rings. The van der Waals surface area contributed by atoms with Gasteiger partial charge in [-0.15, -0.1) is 0 Å². The molecule has 1 aliphatic heterocycles. The summed E-state index contributed by atoms with van der Waals surface area (Å²) in [6.45, 7) is 6.15. The number of likely N-dealkylation sites (tertiary alicyclic amines) is 1. The summed E-state index contributed by atoms with van der Waals surface area (Å²) in [5.41, 5.74) is 0.571. The molecule has 1 heterocycles. The second-order valence-electron chi connectivity index (χ2n) is 5.22. The van der Waals surface area contributed by atoms with Crippen LogP contribution >= 0.6 is 0 Å². The topological polar surface area (TPSA) is 3.24 Å². The van der Waals surface area contributed by atoms with E-state index < -0.39 is 0 Å². The van der Waals surface area contributed by atoms with Crippen LogP contribution in [0.2, 0.25) is 0 Å². The standard InChI is InChI=1S/C12H23N/c1-4-12(9-11-5-6-11)10(2)7-8-13(12)3/h10-11H,4-9H2,1-3H3. The van der Waals surface area contributed by atoms with Crippen molar-refractivity contribution < 1.29 is 0 Å². The first-order chi connectivity index (χ1) is 6.19. The highest BCUT2D eigenvalue weighted by molar-refractivity contribution is 5.00. The van der Waals surface area contributed by atoms with Crippen LogP contribution in [0.15, 0.2) is 0 Å². The molecule has 0 radical (unpaired) electrons.